The summed E-state index contributed by atoms with van der Waals surface area (Å²) < 4.78 is 1.86. The number of anilines is 1. The summed E-state index contributed by atoms with van der Waals surface area (Å²) in [5, 5.41) is 7.36. The minimum atomic E-state index is -0.248. The Bertz CT molecular complexity index is 896. The lowest BCUT2D eigenvalue weighted by Crippen LogP contribution is -2.47. The number of benzene rings is 1. The second kappa shape index (κ2) is 9.56. The maximum absolute atomic E-state index is 13.0. The van der Waals surface area contributed by atoms with Crippen LogP contribution in [0.5, 0.6) is 0 Å². The Morgan fingerprint density at radius 1 is 1.17 bits per heavy atom. The van der Waals surface area contributed by atoms with Gasteiger partial charge in [-0.15, -0.1) is 0 Å². The maximum atomic E-state index is 13.0. The van der Waals surface area contributed by atoms with Gasteiger partial charge in [-0.3, -0.25) is 14.5 Å². The van der Waals surface area contributed by atoms with E-state index in [0.29, 0.717) is 0 Å². The van der Waals surface area contributed by atoms with Crippen LogP contribution < -0.4 is 5.32 Å². The van der Waals surface area contributed by atoms with Gasteiger partial charge in [-0.1, -0.05) is 30.7 Å². The molecule has 0 spiro atoms. The van der Waals surface area contributed by atoms with Crippen molar-refractivity contribution in [2.75, 3.05) is 18.4 Å². The molecule has 1 aromatic heterocycles. The smallest absolute Gasteiger partial charge is 0.242 e. The van der Waals surface area contributed by atoms with Gasteiger partial charge < -0.3 is 5.32 Å². The molecule has 6 nitrogen and oxygen atoms in total. The molecule has 6 heteroatoms. The van der Waals surface area contributed by atoms with Gasteiger partial charge in [0.15, 0.2) is 5.78 Å². The topological polar surface area (TPSA) is 67.2 Å². The summed E-state index contributed by atoms with van der Waals surface area (Å²) in [6.45, 7) is 11.7. The number of hydrogen-bond acceptors (Lipinski definition) is 4. The predicted molar refractivity (Wildman–Crippen MR) is 120 cm³/mol. The fourth-order valence-corrected chi connectivity index (χ4v) is 4.19. The van der Waals surface area contributed by atoms with E-state index < -0.39 is 0 Å². The van der Waals surface area contributed by atoms with E-state index in [2.05, 4.69) is 35.2 Å². The molecule has 1 aromatic carbocycles. The summed E-state index contributed by atoms with van der Waals surface area (Å²) >= 11 is 0. The zero-order chi connectivity index (χ0) is 21.8. The van der Waals surface area contributed by atoms with E-state index >= 15 is 0 Å². The van der Waals surface area contributed by atoms with Crippen LogP contribution in [0.3, 0.4) is 0 Å². The van der Waals surface area contributed by atoms with Crippen molar-refractivity contribution in [3.8, 4) is 0 Å². The van der Waals surface area contributed by atoms with E-state index in [1.807, 2.05) is 43.7 Å². The number of rotatable bonds is 7. The van der Waals surface area contributed by atoms with E-state index in [0.717, 1.165) is 49.3 Å². The fraction of sp³-hybridized carbons (Fsp3) is 0.542. The average molecular weight is 411 g/mol. The Hall–Kier alpha value is -2.47. The highest BCUT2D eigenvalue weighted by Gasteiger charge is 2.31. The number of aromatic nitrogens is 2. The molecule has 1 fully saturated rings. The molecule has 3 rings (SSSR count). The molecule has 2 atom stereocenters. The van der Waals surface area contributed by atoms with Crippen molar-refractivity contribution in [1.82, 2.24) is 14.7 Å². The molecule has 2 heterocycles. The number of carbonyl (C=O) groups is 2. The van der Waals surface area contributed by atoms with Gasteiger partial charge in [-0.05, 0) is 65.6 Å². The van der Waals surface area contributed by atoms with Gasteiger partial charge in [0.1, 0.15) is 5.82 Å². The fourth-order valence-electron chi connectivity index (χ4n) is 4.19. The summed E-state index contributed by atoms with van der Waals surface area (Å²) in [4.78, 5) is 28.0. The largest absolute Gasteiger partial charge is 0.310 e. The van der Waals surface area contributed by atoms with Gasteiger partial charge in [0.2, 0.25) is 5.91 Å². The third-order valence-electron chi connectivity index (χ3n) is 6.40. The number of piperidine rings is 1. The number of hydrogen-bond donors (Lipinski definition) is 1. The highest BCUT2D eigenvalue weighted by atomic mass is 16.2. The first-order valence-corrected chi connectivity index (χ1v) is 11.0. The monoisotopic (exact) mass is 410 g/mol. The molecule has 0 radical (unpaired) electrons. The number of Topliss-reactive ketones (excluding diaryl/α,β-unsaturated/α-hetero) is 1. The lowest BCUT2D eigenvalue weighted by atomic mass is 9.86. The van der Waals surface area contributed by atoms with Crippen LogP contribution in [0.1, 0.15) is 67.6 Å². The van der Waals surface area contributed by atoms with Crippen molar-refractivity contribution in [3.05, 3.63) is 47.2 Å². The number of likely N-dealkylation sites (tertiary alicyclic amines) is 1. The van der Waals surface area contributed by atoms with E-state index in [1.54, 1.807) is 6.20 Å². The van der Waals surface area contributed by atoms with Crippen LogP contribution in [0.2, 0.25) is 0 Å². The Morgan fingerprint density at radius 2 is 1.87 bits per heavy atom. The maximum Gasteiger partial charge on any atom is 0.242 e. The molecule has 1 N–H and O–H groups in total. The summed E-state index contributed by atoms with van der Waals surface area (Å²) in [5.74, 6) is 0.979. The van der Waals surface area contributed by atoms with E-state index in [-0.39, 0.29) is 29.7 Å². The SMILES string of the molecule is CC[C@H](C)n1nccc1NC(=O)[C@H](C)N1CCC(C(=O)c2ccc(C)cc2C)CC1. The number of amides is 1. The van der Waals surface area contributed by atoms with Crippen LogP contribution in [0.15, 0.2) is 30.5 Å². The average Bonchev–Trinajstić information content (AvgIpc) is 3.20. The second-order valence-electron chi connectivity index (χ2n) is 8.58. The molecule has 162 valence electrons. The first-order valence-electron chi connectivity index (χ1n) is 11.0. The van der Waals surface area contributed by atoms with Gasteiger partial charge in [0, 0.05) is 17.5 Å². The lowest BCUT2D eigenvalue weighted by molar-refractivity contribution is -0.121. The quantitative estimate of drug-likeness (QED) is 0.687. The van der Waals surface area contributed by atoms with Crippen LogP contribution in [-0.2, 0) is 4.79 Å². The molecule has 0 bridgehead atoms. The molecule has 0 saturated carbocycles. The lowest BCUT2D eigenvalue weighted by Gasteiger charge is -2.35. The van der Waals surface area contributed by atoms with Crippen molar-refractivity contribution in [2.45, 2.75) is 66.0 Å². The summed E-state index contributed by atoms with van der Waals surface area (Å²) in [7, 11) is 0. The predicted octanol–water partition coefficient (Wildman–Crippen LogP) is 4.39. The van der Waals surface area contributed by atoms with Gasteiger partial charge >= 0.3 is 0 Å². The zero-order valence-electron chi connectivity index (χ0n) is 18.8. The third kappa shape index (κ3) is 4.81. The van der Waals surface area contributed by atoms with Crippen LogP contribution in [0.4, 0.5) is 5.82 Å². The summed E-state index contributed by atoms with van der Waals surface area (Å²) in [6, 6.07) is 7.85. The van der Waals surface area contributed by atoms with Crippen LogP contribution >= 0.6 is 0 Å². The van der Waals surface area contributed by atoms with Crippen molar-refractivity contribution < 1.29 is 9.59 Å². The van der Waals surface area contributed by atoms with Gasteiger partial charge in [-0.2, -0.15) is 5.10 Å². The normalized spacial score (nSPS) is 17.5. The molecule has 30 heavy (non-hydrogen) atoms. The molecule has 0 unspecified atom stereocenters. The number of nitrogens with zero attached hydrogens (tertiary/aromatic N) is 3. The van der Waals surface area contributed by atoms with Gasteiger partial charge in [-0.25, -0.2) is 4.68 Å². The van der Waals surface area contributed by atoms with Gasteiger partial charge in [0.05, 0.1) is 18.3 Å². The first-order chi connectivity index (χ1) is 14.3. The molecule has 2 aromatic rings. The molecule has 1 saturated heterocycles. The van der Waals surface area contributed by atoms with E-state index in [4.69, 9.17) is 0 Å². The third-order valence-corrected chi connectivity index (χ3v) is 6.40. The number of ketones is 1. The molecule has 0 aliphatic carbocycles. The summed E-state index contributed by atoms with van der Waals surface area (Å²) in [5.41, 5.74) is 3.06. The Balaban J connectivity index is 1.57. The molecule has 1 aliphatic heterocycles. The summed E-state index contributed by atoms with van der Waals surface area (Å²) in [6.07, 6.45) is 4.24. The Kier molecular flexibility index (Phi) is 7.08. The molecule has 1 amide bonds. The first kappa shape index (κ1) is 22.2. The zero-order valence-corrected chi connectivity index (χ0v) is 18.8. The van der Waals surface area contributed by atoms with Crippen LogP contribution in [0.25, 0.3) is 0 Å². The molecule has 1 aliphatic rings. The van der Waals surface area contributed by atoms with E-state index in [1.165, 1.54) is 5.56 Å². The minimum absolute atomic E-state index is 0.0285. The number of carbonyl (C=O) groups excluding carboxylic acids is 2. The van der Waals surface area contributed by atoms with Gasteiger partial charge in [0.25, 0.3) is 0 Å². The Morgan fingerprint density at radius 3 is 2.50 bits per heavy atom. The van der Waals surface area contributed by atoms with Crippen molar-refractivity contribution in [2.24, 2.45) is 5.92 Å². The highest BCUT2D eigenvalue weighted by molar-refractivity contribution is 5.99. The second-order valence-corrected chi connectivity index (χ2v) is 8.58. The van der Waals surface area contributed by atoms with Crippen LogP contribution in [0, 0.1) is 19.8 Å². The van der Waals surface area contributed by atoms with Crippen LogP contribution in [-0.4, -0.2) is 45.5 Å². The molecular weight excluding hydrogens is 376 g/mol. The van der Waals surface area contributed by atoms with E-state index in [9.17, 15) is 9.59 Å². The number of nitrogens with one attached hydrogen (secondary N) is 1. The standard InChI is InChI=1S/C24H34N4O2/c1-6-18(4)28-22(9-12-25-28)26-24(30)19(5)27-13-10-20(11-14-27)23(29)21-8-7-16(2)15-17(21)3/h7-9,12,15,18-20H,6,10-11,13-14H2,1-5H3,(H,26,30)/t18-,19-/m0/s1. The minimum Gasteiger partial charge on any atom is -0.310 e. The highest BCUT2D eigenvalue weighted by Crippen LogP contribution is 2.25. The van der Waals surface area contributed by atoms with Crippen molar-refractivity contribution in [3.63, 3.8) is 0 Å². The molecular formula is C24H34N4O2. The number of aryl methyl sites for hydroxylation is 2. The van der Waals surface area contributed by atoms with Crippen molar-refractivity contribution in [1.29, 1.82) is 0 Å². The van der Waals surface area contributed by atoms with Crippen molar-refractivity contribution >= 4 is 17.5 Å². The Labute approximate surface area is 179 Å².